The second-order valence-electron chi connectivity index (χ2n) is 4.22. The van der Waals surface area contributed by atoms with Gasteiger partial charge in [-0.05, 0) is 23.6 Å². The van der Waals surface area contributed by atoms with E-state index in [4.69, 9.17) is 10.8 Å². The minimum absolute atomic E-state index is 0. The lowest BCUT2D eigenvalue weighted by Crippen LogP contribution is -2.11. The van der Waals surface area contributed by atoms with Gasteiger partial charge in [-0.3, -0.25) is 0 Å². The van der Waals surface area contributed by atoms with Gasteiger partial charge < -0.3 is 10.8 Å². The number of rotatable bonds is 4. The largest absolute Gasteiger partial charge is 0.396 e. The Labute approximate surface area is 118 Å². The van der Waals surface area contributed by atoms with Crippen molar-refractivity contribution in [3.05, 3.63) is 59.9 Å². The van der Waals surface area contributed by atoms with E-state index in [2.05, 4.69) is 0 Å². The predicted molar refractivity (Wildman–Crippen MR) is 77.7 cm³/mol. The molecule has 2 nitrogen and oxygen atoms in total. The third-order valence-corrected chi connectivity index (χ3v) is 2.96. The maximum Gasteiger partial charge on any atom is 0.131 e. The average molecular weight is 282 g/mol. The average Bonchev–Trinajstić information content (AvgIpc) is 2.40. The van der Waals surface area contributed by atoms with Crippen LogP contribution in [0.2, 0.25) is 0 Å². The highest BCUT2D eigenvalue weighted by Crippen LogP contribution is 2.24. The topological polar surface area (TPSA) is 46.2 Å². The van der Waals surface area contributed by atoms with Crippen molar-refractivity contribution in [3.63, 3.8) is 0 Å². The summed E-state index contributed by atoms with van der Waals surface area (Å²) in [6, 6.07) is 14.0. The number of halogens is 2. The van der Waals surface area contributed by atoms with E-state index in [-0.39, 0.29) is 30.9 Å². The van der Waals surface area contributed by atoms with Crippen LogP contribution in [0.25, 0.3) is 11.1 Å². The first-order valence-corrected chi connectivity index (χ1v) is 5.93. The minimum Gasteiger partial charge on any atom is -0.396 e. The van der Waals surface area contributed by atoms with Gasteiger partial charge in [-0.1, -0.05) is 42.5 Å². The lowest BCUT2D eigenvalue weighted by atomic mass is 9.99. The third-order valence-electron chi connectivity index (χ3n) is 2.96. The SMILES string of the molecule is Cl.NC(CCO)c1ccc(-c2ccccc2F)cc1. The Kier molecular flexibility index (Phi) is 5.96. The molecule has 2 rings (SSSR count). The van der Waals surface area contributed by atoms with E-state index in [0.29, 0.717) is 12.0 Å². The molecule has 0 aliphatic heterocycles. The van der Waals surface area contributed by atoms with Crippen LogP contribution in [0.3, 0.4) is 0 Å². The maximum atomic E-state index is 13.6. The molecular formula is C15H17ClFNO. The van der Waals surface area contributed by atoms with Crippen LogP contribution in [0.15, 0.2) is 48.5 Å². The summed E-state index contributed by atoms with van der Waals surface area (Å²) in [7, 11) is 0. The fraction of sp³-hybridized carbons (Fsp3) is 0.200. The highest BCUT2D eigenvalue weighted by Gasteiger charge is 2.07. The quantitative estimate of drug-likeness (QED) is 0.903. The fourth-order valence-electron chi connectivity index (χ4n) is 1.91. The van der Waals surface area contributed by atoms with Crippen molar-refractivity contribution in [3.8, 4) is 11.1 Å². The number of hydrogen-bond donors (Lipinski definition) is 2. The van der Waals surface area contributed by atoms with Gasteiger partial charge in [0.25, 0.3) is 0 Å². The molecule has 1 atom stereocenters. The summed E-state index contributed by atoms with van der Waals surface area (Å²) in [6.07, 6.45) is 0.527. The number of hydrogen-bond acceptors (Lipinski definition) is 2. The molecule has 19 heavy (non-hydrogen) atoms. The minimum atomic E-state index is -0.232. The van der Waals surface area contributed by atoms with E-state index in [1.165, 1.54) is 6.07 Å². The van der Waals surface area contributed by atoms with Crippen LogP contribution in [0.5, 0.6) is 0 Å². The Morgan fingerprint density at radius 1 is 1.05 bits per heavy atom. The Bertz CT molecular complexity index is 516. The highest BCUT2D eigenvalue weighted by molar-refractivity contribution is 5.85. The third kappa shape index (κ3) is 3.77. The van der Waals surface area contributed by atoms with Crippen molar-refractivity contribution >= 4 is 12.4 Å². The summed E-state index contributed by atoms with van der Waals surface area (Å²) in [5, 5.41) is 8.84. The molecule has 0 aliphatic rings. The normalized spacial score (nSPS) is 11.7. The second kappa shape index (κ2) is 7.24. The predicted octanol–water partition coefficient (Wildman–Crippen LogP) is 3.30. The van der Waals surface area contributed by atoms with Crippen molar-refractivity contribution in [2.75, 3.05) is 6.61 Å². The zero-order chi connectivity index (χ0) is 13.0. The number of nitrogens with two attached hydrogens (primary N) is 1. The molecule has 0 saturated carbocycles. The molecule has 0 aliphatic carbocycles. The second-order valence-corrected chi connectivity index (χ2v) is 4.22. The van der Waals surface area contributed by atoms with Gasteiger partial charge in [0.05, 0.1) is 0 Å². The summed E-state index contributed by atoms with van der Waals surface area (Å²) >= 11 is 0. The zero-order valence-electron chi connectivity index (χ0n) is 10.4. The standard InChI is InChI=1S/C15H16FNO.ClH/c16-14-4-2-1-3-13(14)11-5-7-12(8-6-11)15(17)9-10-18;/h1-8,15,18H,9-10,17H2;1H. The van der Waals surface area contributed by atoms with Gasteiger partial charge in [-0.25, -0.2) is 4.39 Å². The van der Waals surface area contributed by atoms with Gasteiger partial charge in [-0.15, -0.1) is 12.4 Å². The first-order valence-electron chi connectivity index (χ1n) is 5.93. The molecule has 2 aromatic rings. The molecule has 0 aromatic heterocycles. The van der Waals surface area contributed by atoms with Crippen molar-refractivity contribution in [2.45, 2.75) is 12.5 Å². The number of aliphatic hydroxyl groups is 1. The summed E-state index contributed by atoms with van der Waals surface area (Å²) in [5.74, 6) is -0.232. The molecule has 4 heteroatoms. The van der Waals surface area contributed by atoms with Crippen LogP contribution in [-0.2, 0) is 0 Å². The van der Waals surface area contributed by atoms with E-state index in [0.717, 1.165) is 11.1 Å². The van der Waals surface area contributed by atoms with Gasteiger partial charge >= 0.3 is 0 Å². The molecule has 0 heterocycles. The van der Waals surface area contributed by atoms with Crippen LogP contribution in [0.4, 0.5) is 4.39 Å². The Hall–Kier alpha value is -1.42. The summed E-state index contributed by atoms with van der Waals surface area (Å²) in [5.41, 5.74) is 8.25. The van der Waals surface area contributed by atoms with E-state index in [1.54, 1.807) is 12.1 Å². The summed E-state index contributed by atoms with van der Waals surface area (Å²) in [4.78, 5) is 0. The summed E-state index contributed by atoms with van der Waals surface area (Å²) in [6.45, 7) is 0.0657. The molecule has 1 unspecified atom stereocenters. The summed E-state index contributed by atoms with van der Waals surface area (Å²) < 4.78 is 13.6. The molecule has 2 aromatic carbocycles. The van der Waals surface area contributed by atoms with E-state index >= 15 is 0 Å². The van der Waals surface area contributed by atoms with Gasteiger partial charge in [0, 0.05) is 18.2 Å². The van der Waals surface area contributed by atoms with Gasteiger partial charge in [-0.2, -0.15) is 0 Å². The number of benzene rings is 2. The van der Waals surface area contributed by atoms with E-state index in [9.17, 15) is 4.39 Å². The molecule has 0 saturated heterocycles. The molecule has 0 amide bonds. The Morgan fingerprint density at radius 2 is 1.68 bits per heavy atom. The zero-order valence-corrected chi connectivity index (χ0v) is 11.2. The first kappa shape index (κ1) is 15.6. The van der Waals surface area contributed by atoms with Gasteiger partial charge in [0.1, 0.15) is 5.82 Å². The lowest BCUT2D eigenvalue weighted by Gasteiger charge is -2.11. The highest BCUT2D eigenvalue weighted by atomic mass is 35.5. The Morgan fingerprint density at radius 3 is 2.26 bits per heavy atom. The molecule has 3 N–H and O–H groups in total. The van der Waals surface area contributed by atoms with E-state index in [1.807, 2.05) is 30.3 Å². The molecule has 0 bridgehead atoms. The lowest BCUT2D eigenvalue weighted by molar-refractivity contribution is 0.276. The van der Waals surface area contributed by atoms with Crippen molar-refractivity contribution < 1.29 is 9.50 Å². The van der Waals surface area contributed by atoms with Crippen molar-refractivity contribution in [1.82, 2.24) is 0 Å². The fourth-order valence-corrected chi connectivity index (χ4v) is 1.91. The first-order chi connectivity index (χ1) is 8.72. The van der Waals surface area contributed by atoms with E-state index < -0.39 is 0 Å². The molecule has 102 valence electrons. The van der Waals surface area contributed by atoms with Crippen LogP contribution in [0.1, 0.15) is 18.0 Å². The molecular weight excluding hydrogens is 265 g/mol. The number of aliphatic hydroxyl groups excluding tert-OH is 1. The van der Waals surface area contributed by atoms with Crippen LogP contribution in [0, 0.1) is 5.82 Å². The smallest absolute Gasteiger partial charge is 0.131 e. The van der Waals surface area contributed by atoms with Crippen molar-refractivity contribution in [1.29, 1.82) is 0 Å². The molecule has 0 fully saturated rings. The molecule has 0 radical (unpaired) electrons. The van der Waals surface area contributed by atoms with Crippen molar-refractivity contribution in [2.24, 2.45) is 5.73 Å². The molecule has 0 spiro atoms. The maximum absolute atomic E-state index is 13.6. The Balaban J connectivity index is 0.00000180. The van der Waals surface area contributed by atoms with Crippen LogP contribution >= 0.6 is 12.4 Å². The van der Waals surface area contributed by atoms with Gasteiger partial charge in [0.15, 0.2) is 0 Å². The van der Waals surface area contributed by atoms with Gasteiger partial charge in [0.2, 0.25) is 0 Å². The van der Waals surface area contributed by atoms with Crippen LogP contribution in [-0.4, -0.2) is 11.7 Å². The van der Waals surface area contributed by atoms with Crippen LogP contribution < -0.4 is 5.73 Å². The monoisotopic (exact) mass is 281 g/mol.